The molecule has 128 valence electrons. The van der Waals surface area contributed by atoms with Crippen LogP contribution >= 0.6 is 11.5 Å². The van der Waals surface area contributed by atoms with Crippen molar-refractivity contribution in [2.45, 2.75) is 32.7 Å². The predicted octanol–water partition coefficient (Wildman–Crippen LogP) is 1.33. The minimum atomic E-state index is 0.115. The maximum absolute atomic E-state index is 12.5. The molecule has 0 aromatic carbocycles. The van der Waals surface area contributed by atoms with Crippen LogP contribution in [0.5, 0.6) is 0 Å². The lowest BCUT2D eigenvalue weighted by atomic mass is 9.95. The van der Waals surface area contributed by atoms with Crippen LogP contribution in [0.15, 0.2) is 0 Å². The van der Waals surface area contributed by atoms with Gasteiger partial charge in [0.1, 0.15) is 4.88 Å². The summed E-state index contributed by atoms with van der Waals surface area (Å²) in [5.41, 5.74) is 0.758. The molecule has 0 saturated carbocycles. The molecule has 0 spiro atoms. The molecule has 1 aromatic heterocycles. The van der Waals surface area contributed by atoms with Gasteiger partial charge in [-0.05, 0) is 51.2 Å². The zero-order chi connectivity index (χ0) is 16.4. The van der Waals surface area contributed by atoms with Gasteiger partial charge < -0.3 is 9.80 Å². The van der Waals surface area contributed by atoms with Gasteiger partial charge >= 0.3 is 0 Å². The summed E-state index contributed by atoms with van der Waals surface area (Å²) in [5.74, 6) is 0.828. The number of carbonyl (C=O) groups is 1. The standard InChI is InChI=1S/C16H27N5OS/c1-12-10-19(3)8-9-21(12)11-14-4-6-20(7-5-14)16(22)15-13(2)17-18-23-15/h12,14H,4-11H2,1-3H3. The maximum Gasteiger partial charge on any atom is 0.267 e. The third-order valence-electron chi connectivity index (χ3n) is 5.21. The second kappa shape index (κ2) is 7.23. The summed E-state index contributed by atoms with van der Waals surface area (Å²) in [7, 11) is 2.20. The molecular formula is C16H27N5OS. The van der Waals surface area contributed by atoms with E-state index in [1.807, 2.05) is 11.8 Å². The van der Waals surface area contributed by atoms with Gasteiger partial charge in [-0.25, -0.2) is 0 Å². The first kappa shape index (κ1) is 16.8. The molecule has 0 N–H and O–H groups in total. The van der Waals surface area contributed by atoms with Gasteiger partial charge in [0.15, 0.2) is 0 Å². The van der Waals surface area contributed by atoms with Gasteiger partial charge in [0.25, 0.3) is 5.91 Å². The normalized spacial score (nSPS) is 25.0. The third kappa shape index (κ3) is 3.89. The molecule has 1 aromatic rings. The summed E-state index contributed by atoms with van der Waals surface area (Å²) >= 11 is 1.22. The topological polar surface area (TPSA) is 52.6 Å². The maximum atomic E-state index is 12.5. The summed E-state index contributed by atoms with van der Waals surface area (Å²) in [6.45, 7) is 10.6. The Labute approximate surface area is 142 Å². The number of aryl methyl sites for hydroxylation is 1. The van der Waals surface area contributed by atoms with Crippen molar-refractivity contribution in [1.82, 2.24) is 24.3 Å². The Bertz CT molecular complexity index is 540. The lowest BCUT2D eigenvalue weighted by Crippen LogP contribution is -2.52. The number of likely N-dealkylation sites (tertiary alicyclic amines) is 1. The van der Waals surface area contributed by atoms with Crippen LogP contribution in [0.4, 0.5) is 0 Å². The first-order valence-electron chi connectivity index (χ1n) is 8.55. The summed E-state index contributed by atoms with van der Waals surface area (Å²) in [6.07, 6.45) is 2.21. The molecule has 1 amide bonds. The Kier molecular flexibility index (Phi) is 5.28. The largest absolute Gasteiger partial charge is 0.338 e. The van der Waals surface area contributed by atoms with Gasteiger partial charge in [0.05, 0.1) is 5.69 Å². The summed E-state index contributed by atoms with van der Waals surface area (Å²) in [4.78, 5) is 20.2. The third-order valence-corrected chi connectivity index (χ3v) is 6.02. The molecule has 0 radical (unpaired) electrons. The van der Waals surface area contributed by atoms with E-state index in [1.165, 1.54) is 31.2 Å². The molecule has 2 fully saturated rings. The number of hydrogen-bond acceptors (Lipinski definition) is 6. The van der Waals surface area contributed by atoms with Crippen molar-refractivity contribution in [3.8, 4) is 0 Å². The van der Waals surface area contributed by atoms with E-state index in [1.54, 1.807) is 0 Å². The SMILES string of the molecule is Cc1nnsc1C(=O)N1CCC(CN2CCN(C)CC2C)CC1. The van der Waals surface area contributed by atoms with Crippen LogP contribution < -0.4 is 0 Å². The monoisotopic (exact) mass is 337 g/mol. The second-order valence-electron chi connectivity index (χ2n) is 7.03. The second-order valence-corrected chi connectivity index (χ2v) is 7.78. The summed E-state index contributed by atoms with van der Waals surface area (Å²) in [6, 6.07) is 0.638. The minimum absolute atomic E-state index is 0.115. The van der Waals surface area contributed by atoms with Gasteiger partial charge in [-0.2, -0.15) is 0 Å². The Morgan fingerprint density at radius 1 is 1.26 bits per heavy atom. The van der Waals surface area contributed by atoms with Crippen molar-refractivity contribution in [1.29, 1.82) is 0 Å². The molecule has 0 bridgehead atoms. The van der Waals surface area contributed by atoms with E-state index in [0.717, 1.165) is 38.2 Å². The number of carbonyl (C=O) groups excluding carboxylic acids is 1. The van der Waals surface area contributed by atoms with E-state index in [0.29, 0.717) is 16.8 Å². The van der Waals surface area contributed by atoms with Crippen LogP contribution in [0.3, 0.4) is 0 Å². The van der Waals surface area contributed by atoms with E-state index in [2.05, 4.69) is 33.4 Å². The highest BCUT2D eigenvalue weighted by Crippen LogP contribution is 2.23. The zero-order valence-electron chi connectivity index (χ0n) is 14.4. The predicted molar refractivity (Wildman–Crippen MR) is 91.8 cm³/mol. The van der Waals surface area contributed by atoms with E-state index in [4.69, 9.17) is 0 Å². The van der Waals surface area contributed by atoms with E-state index < -0.39 is 0 Å². The van der Waals surface area contributed by atoms with Crippen LogP contribution in [0.1, 0.15) is 35.1 Å². The Balaban J connectivity index is 1.49. The van der Waals surface area contributed by atoms with Crippen LogP contribution in [0.2, 0.25) is 0 Å². The van der Waals surface area contributed by atoms with Crippen molar-refractivity contribution in [2.75, 3.05) is 46.3 Å². The van der Waals surface area contributed by atoms with Crippen molar-refractivity contribution in [3.63, 3.8) is 0 Å². The number of likely N-dealkylation sites (N-methyl/N-ethyl adjacent to an activating group) is 1. The van der Waals surface area contributed by atoms with Crippen molar-refractivity contribution < 1.29 is 4.79 Å². The van der Waals surface area contributed by atoms with Crippen molar-refractivity contribution >= 4 is 17.4 Å². The van der Waals surface area contributed by atoms with E-state index in [-0.39, 0.29) is 5.91 Å². The molecule has 0 aliphatic carbocycles. The highest BCUT2D eigenvalue weighted by Gasteiger charge is 2.29. The summed E-state index contributed by atoms with van der Waals surface area (Å²) in [5, 5.41) is 3.95. The lowest BCUT2D eigenvalue weighted by Gasteiger charge is -2.41. The number of aromatic nitrogens is 2. The molecular weight excluding hydrogens is 310 g/mol. The fraction of sp³-hybridized carbons (Fsp3) is 0.812. The zero-order valence-corrected chi connectivity index (χ0v) is 15.2. The molecule has 2 aliphatic rings. The molecule has 6 nitrogen and oxygen atoms in total. The fourth-order valence-corrected chi connectivity index (χ4v) is 4.30. The summed E-state index contributed by atoms with van der Waals surface area (Å²) < 4.78 is 3.88. The molecule has 2 saturated heterocycles. The Morgan fingerprint density at radius 3 is 2.61 bits per heavy atom. The van der Waals surface area contributed by atoms with Crippen molar-refractivity contribution in [3.05, 3.63) is 10.6 Å². The average molecular weight is 337 g/mol. The smallest absolute Gasteiger partial charge is 0.267 e. The Morgan fingerprint density at radius 2 is 2.00 bits per heavy atom. The molecule has 2 aliphatic heterocycles. The number of hydrogen-bond donors (Lipinski definition) is 0. The number of nitrogens with zero attached hydrogens (tertiary/aromatic N) is 5. The van der Waals surface area contributed by atoms with Crippen LogP contribution in [0.25, 0.3) is 0 Å². The number of piperazine rings is 1. The Hall–Kier alpha value is -1.05. The van der Waals surface area contributed by atoms with Crippen LogP contribution in [-0.4, -0.2) is 82.6 Å². The molecule has 23 heavy (non-hydrogen) atoms. The highest BCUT2D eigenvalue weighted by atomic mass is 32.1. The lowest BCUT2D eigenvalue weighted by molar-refractivity contribution is 0.0559. The van der Waals surface area contributed by atoms with Crippen LogP contribution in [-0.2, 0) is 0 Å². The van der Waals surface area contributed by atoms with Gasteiger partial charge in [0, 0.05) is 45.3 Å². The van der Waals surface area contributed by atoms with E-state index >= 15 is 0 Å². The highest BCUT2D eigenvalue weighted by molar-refractivity contribution is 7.07. The molecule has 3 heterocycles. The number of rotatable bonds is 3. The minimum Gasteiger partial charge on any atom is -0.338 e. The van der Waals surface area contributed by atoms with Crippen molar-refractivity contribution in [2.24, 2.45) is 5.92 Å². The quantitative estimate of drug-likeness (QED) is 0.833. The molecule has 3 rings (SSSR count). The van der Waals surface area contributed by atoms with Crippen LogP contribution in [0, 0.1) is 12.8 Å². The average Bonchev–Trinajstić information content (AvgIpc) is 2.96. The molecule has 7 heteroatoms. The number of amides is 1. The van der Waals surface area contributed by atoms with E-state index in [9.17, 15) is 4.79 Å². The first-order valence-corrected chi connectivity index (χ1v) is 9.32. The number of piperidine rings is 1. The van der Waals surface area contributed by atoms with Gasteiger partial charge in [-0.3, -0.25) is 9.69 Å². The first-order chi connectivity index (χ1) is 11.0. The van der Waals surface area contributed by atoms with Gasteiger partial charge in [-0.15, -0.1) is 5.10 Å². The molecule has 1 atom stereocenters. The molecule has 1 unspecified atom stereocenters. The van der Waals surface area contributed by atoms with Gasteiger partial charge in [-0.1, -0.05) is 4.49 Å². The fourth-order valence-electron chi connectivity index (χ4n) is 3.67. The van der Waals surface area contributed by atoms with Gasteiger partial charge in [0.2, 0.25) is 0 Å².